The van der Waals surface area contributed by atoms with Crippen molar-refractivity contribution >= 4 is 8.32 Å². The van der Waals surface area contributed by atoms with Crippen molar-refractivity contribution in [1.82, 2.24) is 0 Å². The fraction of sp³-hybridized carbons (Fsp3) is 1.00. The Hall–Kier alpha value is 0.137. The molecule has 0 heterocycles. The molecule has 92 valence electrons. The van der Waals surface area contributed by atoms with E-state index in [1.807, 2.05) is 0 Å². The van der Waals surface area contributed by atoms with Gasteiger partial charge in [-0.1, -0.05) is 27.7 Å². The van der Waals surface area contributed by atoms with E-state index in [-0.39, 0.29) is 0 Å². The molecule has 1 unspecified atom stereocenters. The minimum absolute atomic E-state index is 0.293. The maximum absolute atomic E-state index is 8.79. The van der Waals surface area contributed by atoms with E-state index in [0.29, 0.717) is 17.6 Å². The molecule has 0 amide bonds. The van der Waals surface area contributed by atoms with E-state index in [9.17, 15) is 0 Å². The van der Waals surface area contributed by atoms with Crippen LogP contribution in [0.3, 0.4) is 0 Å². The van der Waals surface area contributed by atoms with Crippen LogP contribution in [0.2, 0.25) is 18.1 Å². The Morgan fingerprint density at radius 2 is 1.73 bits per heavy atom. The molecule has 0 aliphatic carbocycles. The first kappa shape index (κ1) is 15.1. The Morgan fingerprint density at radius 1 is 1.20 bits per heavy atom. The van der Waals surface area contributed by atoms with Crippen molar-refractivity contribution < 1.29 is 9.53 Å². The quantitative estimate of drug-likeness (QED) is 0.711. The van der Waals surface area contributed by atoms with Crippen molar-refractivity contribution in [2.45, 2.75) is 58.7 Å². The number of hydrogen-bond acceptors (Lipinski definition) is 2. The van der Waals surface area contributed by atoms with Crippen LogP contribution in [-0.4, -0.2) is 26.6 Å². The highest BCUT2D eigenvalue weighted by Gasteiger charge is 2.36. The van der Waals surface area contributed by atoms with Gasteiger partial charge in [-0.15, -0.1) is 0 Å². The van der Waals surface area contributed by atoms with Gasteiger partial charge in [0.1, 0.15) is 0 Å². The highest BCUT2D eigenvalue weighted by atomic mass is 28.4. The second-order valence-electron chi connectivity index (χ2n) is 6.01. The number of aliphatic hydroxyl groups excluding tert-OH is 1. The second-order valence-corrected chi connectivity index (χ2v) is 10.8. The van der Waals surface area contributed by atoms with Crippen LogP contribution in [0.25, 0.3) is 0 Å². The van der Waals surface area contributed by atoms with Crippen molar-refractivity contribution in [2.24, 2.45) is 5.92 Å². The molecule has 0 radical (unpaired) electrons. The molecule has 0 aliphatic rings. The summed E-state index contributed by atoms with van der Waals surface area (Å²) in [5.41, 5.74) is 0. The Balaban J connectivity index is 3.85. The van der Waals surface area contributed by atoms with E-state index in [2.05, 4.69) is 40.8 Å². The molecule has 0 aromatic heterocycles. The summed E-state index contributed by atoms with van der Waals surface area (Å²) < 4.78 is 6.07. The van der Waals surface area contributed by atoms with E-state index in [1.165, 1.54) is 0 Å². The van der Waals surface area contributed by atoms with Crippen LogP contribution in [0.4, 0.5) is 0 Å². The molecule has 0 bridgehead atoms. The fourth-order valence-electron chi connectivity index (χ4n) is 1.10. The topological polar surface area (TPSA) is 29.5 Å². The summed E-state index contributed by atoms with van der Waals surface area (Å²) in [6, 6.07) is 0. The van der Waals surface area contributed by atoms with Crippen LogP contribution in [0.5, 0.6) is 0 Å². The van der Waals surface area contributed by atoms with Crippen LogP contribution in [0.1, 0.15) is 40.5 Å². The van der Waals surface area contributed by atoms with Crippen LogP contribution in [0.15, 0.2) is 0 Å². The van der Waals surface area contributed by atoms with Crippen molar-refractivity contribution in [1.29, 1.82) is 0 Å². The standard InChI is InChI=1S/C12H28O2Si/c1-11(7-9-13)8-10-14-15(5,6)12(2,3)4/h11,13H,7-10H2,1-6H3. The Morgan fingerprint density at radius 3 is 2.13 bits per heavy atom. The van der Waals surface area contributed by atoms with Crippen molar-refractivity contribution in [2.75, 3.05) is 13.2 Å². The fourth-order valence-corrected chi connectivity index (χ4v) is 2.16. The Labute approximate surface area is 96.2 Å². The van der Waals surface area contributed by atoms with Gasteiger partial charge >= 0.3 is 0 Å². The molecule has 0 saturated heterocycles. The third kappa shape index (κ3) is 5.69. The molecule has 0 rings (SSSR count). The number of rotatable bonds is 6. The molecule has 15 heavy (non-hydrogen) atoms. The summed E-state index contributed by atoms with van der Waals surface area (Å²) in [7, 11) is -1.56. The lowest BCUT2D eigenvalue weighted by Crippen LogP contribution is -2.41. The molecular weight excluding hydrogens is 204 g/mol. The van der Waals surface area contributed by atoms with Gasteiger partial charge in [0, 0.05) is 13.2 Å². The largest absolute Gasteiger partial charge is 0.417 e. The predicted molar refractivity (Wildman–Crippen MR) is 68.6 cm³/mol. The van der Waals surface area contributed by atoms with E-state index >= 15 is 0 Å². The molecule has 0 aromatic carbocycles. The molecule has 0 fully saturated rings. The SMILES string of the molecule is CC(CCO)CCO[Si](C)(C)C(C)(C)C. The lowest BCUT2D eigenvalue weighted by atomic mass is 10.1. The molecular formula is C12H28O2Si. The molecule has 1 N–H and O–H groups in total. The summed E-state index contributed by atoms with van der Waals surface area (Å²) >= 11 is 0. The van der Waals surface area contributed by atoms with Crippen LogP contribution >= 0.6 is 0 Å². The van der Waals surface area contributed by atoms with Gasteiger partial charge < -0.3 is 9.53 Å². The minimum atomic E-state index is -1.56. The van der Waals surface area contributed by atoms with E-state index in [0.717, 1.165) is 19.4 Å². The molecule has 0 aliphatic heterocycles. The number of aliphatic hydroxyl groups is 1. The van der Waals surface area contributed by atoms with Crippen molar-refractivity contribution in [3.8, 4) is 0 Å². The Bertz CT molecular complexity index is 173. The highest BCUT2D eigenvalue weighted by molar-refractivity contribution is 6.74. The zero-order valence-corrected chi connectivity index (χ0v) is 12.3. The maximum Gasteiger partial charge on any atom is 0.191 e. The Kier molecular flexibility index (Phi) is 6.07. The normalized spacial score (nSPS) is 15.4. The van der Waals surface area contributed by atoms with E-state index < -0.39 is 8.32 Å². The smallest absolute Gasteiger partial charge is 0.191 e. The third-order valence-corrected chi connectivity index (χ3v) is 8.04. The van der Waals surface area contributed by atoms with Crippen molar-refractivity contribution in [3.63, 3.8) is 0 Å². The average Bonchev–Trinajstić information content (AvgIpc) is 2.01. The molecule has 0 aromatic rings. The lowest BCUT2D eigenvalue weighted by Gasteiger charge is -2.36. The van der Waals surface area contributed by atoms with Crippen LogP contribution < -0.4 is 0 Å². The summed E-state index contributed by atoms with van der Waals surface area (Å²) in [6.07, 6.45) is 1.95. The first-order valence-corrected chi connectivity index (χ1v) is 8.86. The molecule has 1 atom stereocenters. The van der Waals surface area contributed by atoms with Crippen molar-refractivity contribution in [3.05, 3.63) is 0 Å². The van der Waals surface area contributed by atoms with Gasteiger partial charge in [-0.2, -0.15) is 0 Å². The lowest BCUT2D eigenvalue weighted by molar-refractivity contribution is 0.224. The first-order chi connectivity index (χ1) is 6.70. The summed E-state index contributed by atoms with van der Waals surface area (Å²) in [5.74, 6) is 0.569. The van der Waals surface area contributed by atoms with Gasteiger partial charge in [0.05, 0.1) is 0 Å². The van der Waals surface area contributed by atoms with Gasteiger partial charge in [-0.3, -0.25) is 0 Å². The molecule has 3 heteroatoms. The van der Waals surface area contributed by atoms with Gasteiger partial charge in [0.2, 0.25) is 0 Å². The second kappa shape index (κ2) is 6.02. The number of hydrogen-bond donors (Lipinski definition) is 1. The summed E-state index contributed by atoms with van der Waals surface area (Å²) in [4.78, 5) is 0. The predicted octanol–water partition coefficient (Wildman–Crippen LogP) is 3.42. The van der Waals surface area contributed by atoms with Gasteiger partial charge in [-0.25, -0.2) is 0 Å². The van der Waals surface area contributed by atoms with Gasteiger partial charge in [0.15, 0.2) is 8.32 Å². The van der Waals surface area contributed by atoms with Gasteiger partial charge in [-0.05, 0) is 36.9 Å². The molecule has 2 nitrogen and oxygen atoms in total. The van der Waals surface area contributed by atoms with Crippen LogP contribution in [0, 0.1) is 5.92 Å². The zero-order chi connectivity index (χ0) is 12.1. The highest BCUT2D eigenvalue weighted by Crippen LogP contribution is 2.36. The van der Waals surface area contributed by atoms with E-state index in [4.69, 9.17) is 9.53 Å². The molecule has 0 spiro atoms. The summed E-state index contributed by atoms with van der Waals surface area (Å²) in [6.45, 7) is 14.7. The third-order valence-electron chi connectivity index (χ3n) is 3.50. The first-order valence-electron chi connectivity index (χ1n) is 5.95. The average molecular weight is 232 g/mol. The van der Waals surface area contributed by atoms with Gasteiger partial charge in [0.25, 0.3) is 0 Å². The summed E-state index contributed by atoms with van der Waals surface area (Å²) in [5, 5.41) is 9.09. The maximum atomic E-state index is 8.79. The van der Waals surface area contributed by atoms with Crippen LogP contribution in [-0.2, 0) is 4.43 Å². The zero-order valence-electron chi connectivity index (χ0n) is 11.3. The van der Waals surface area contributed by atoms with E-state index in [1.54, 1.807) is 0 Å². The minimum Gasteiger partial charge on any atom is -0.417 e. The molecule has 0 saturated carbocycles. The monoisotopic (exact) mass is 232 g/mol.